The van der Waals surface area contributed by atoms with Gasteiger partial charge in [0.15, 0.2) is 0 Å². The van der Waals surface area contributed by atoms with E-state index >= 15 is 0 Å². The maximum absolute atomic E-state index is 13.7. The van der Waals surface area contributed by atoms with Crippen molar-refractivity contribution in [2.24, 2.45) is 11.7 Å². The normalized spacial score (nSPS) is 19.2. The molecule has 0 saturated heterocycles. The molecule has 202 valence electrons. The number of amides is 3. The molecule has 3 aromatic rings. The van der Waals surface area contributed by atoms with Gasteiger partial charge < -0.3 is 21.4 Å². The number of hydrogen-bond donors (Lipinski definition) is 4. The number of primary amides is 1. The molecular formula is C27H28BrClF2N4O3. The Labute approximate surface area is 233 Å². The third kappa shape index (κ3) is 6.79. The number of aromatic nitrogens is 1. The lowest BCUT2D eigenvalue weighted by Crippen LogP contribution is -2.60. The molecule has 0 atom stereocenters. The zero-order valence-electron chi connectivity index (χ0n) is 20.4. The molecule has 1 fully saturated rings. The summed E-state index contributed by atoms with van der Waals surface area (Å²) in [4.78, 5) is 40.9. The predicted molar refractivity (Wildman–Crippen MR) is 147 cm³/mol. The monoisotopic (exact) mass is 608 g/mol. The van der Waals surface area contributed by atoms with Gasteiger partial charge in [-0.1, -0.05) is 6.07 Å². The van der Waals surface area contributed by atoms with Crippen molar-refractivity contribution in [3.8, 4) is 0 Å². The van der Waals surface area contributed by atoms with Crippen LogP contribution in [0, 0.1) is 17.6 Å². The minimum atomic E-state index is -1.21. The van der Waals surface area contributed by atoms with Crippen LogP contribution in [-0.4, -0.2) is 34.8 Å². The highest BCUT2D eigenvalue weighted by molar-refractivity contribution is 9.10. The number of benzene rings is 2. The van der Waals surface area contributed by atoms with Crippen LogP contribution in [0.2, 0.25) is 0 Å². The van der Waals surface area contributed by atoms with Crippen molar-refractivity contribution in [1.82, 2.24) is 15.6 Å². The first-order valence-electron chi connectivity index (χ1n) is 12.0. The number of nitrogens with one attached hydrogen (secondary N) is 3. The van der Waals surface area contributed by atoms with E-state index in [1.165, 1.54) is 42.5 Å². The van der Waals surface area contributed by atoms with E-state index in [1.54, 1.807) is 12.3 Å². The van der Waals surface area contributed by atoms with Crippen molar-refractivity contribution in [2.45, 2.75) is 37.6 Å². The van der Waals surface area contributed by atoms with Crippen LogP contribution in [-0.2, 0) is 20.8 Å². The van der Waals surface area contributed by atoms with E-state index in [9.17, 15) is 23.2 Å². The predicted octanol–water partition coefficient (Wildman–Crippen LogP) is 4.53. The van der Waals surface area contributed by atoms with Gasteiger partial charge in [0.1, 0.15) is 17.2 Å². The quantitative estimate of drug-likeness (QED) is 0.281. The standard InChI is InChI=1S/C27H27BrF2N4O3.ClH/c28-21-13-16(1-4-22(21)30)2-6-24(35)34-27(10-7-17(8-11-27)25(31)36)26(37)32-12-9-18-15-33-23-5-3-19(29)14-20(18)23;/h1-6,13-15,17,33H,7-12H2,(H2,31,36)(H,32,37)(H,34,35);1H/b6-2+;. The summed E-state index contributed by atoms with van der Waals surface area (Å²) >= 11 is 3.11. The summed E-state index contributed by atoms with van der Waals surface area (Å²) in [5.41, 5.74) is 6.52. The smallest absolute Gasteiger partial charge is 0.245 e. The summed E-state index contributed by atoms with van der Waals surface area (Å²) in [6.45, 7) is 0.276. The number of H-pyrrole nitrogens is 1. The number of nitrogens with two attached hydrogens (primary N) is 1. The molecule has 7 nitrogen and oxygen atoms in total. The second-order valence-electron chi connectivity index (χ2n) is 9.26. The fraction of sp³-hybridized carbons (Fsp3) is 0.296. The van der Waals surface area contributed by atoms with Gasteiger partial charge in [0.25, 0.3) is 0 Å². The molecule has 1 saturated carbocycles. The summed E-state index contributed by atoms with van der Waals surface area (Å²) in [6.07, 6.45) is 6.32. The number of carbonyl (C=O) groups excluding carboxylic acids is 3. The molecule has 1 aliphatic rings. The molecular weight excluding hydrogens is 582 g/mol. The molecule has 38 heavy (non-hydrogen) atoms. The van der Waals surface area contributed by atoms with Crippen LogP contribution in [0.4, 0.5) is 8.78 Å². The minimum Gasteiger partial charge on any atom is -0.369 e. The van der Waals surface area contributed by atoms with E-state index in [0.717, 1.165) is 16.5 Å². The fourth-order valence-corrected chi connectivity index (χ4v) is 5.10. The van der Waals surface area contributed by atoms with Gasteiger partial charge in [-0.25, -0.2) is 8.78 Å². The summed E-state index contributed by atoms with van der Waals surface area (Å²) in [7, 11) is 0. The lowest BCUT2D eigenvalue weighted by molar-refractivity contribution is -0.135. The van der Waals surface area contributed by atoms with Crippen LogP contribution >= 0.6 is 28.3 Å². The summed E-state index contributed by atoms with van der Waals surface area (Å²) in [5, 5.41) is 6.48. The van der Waals surface area contributed by atoms with E-state index < -0.39 is 23.2 Å². The van der Waals surface area contributed by atoms with Crippen LogP contribution in [0.5, 0.6) is 0 Å². The van der Waals surface area contributed by atoms with Crippen LogP contribution < -0.4 is 16.4 Å². The maximum atomic E-state index is 13.7. The molecule has 5 N–H and O–H groups in total. The number of carbonyl (C=O) groups is 3. The number of rotatable bonds is 8. The number of hydrogen-bond acceptors (Lipinski definition) is 3. The van der Waals surface area contributed by atoms with E-state index in [4.69, 9.17) is 5.73 Å². The van der Waals surface area contributed by atoms with Gasteiger partial charge in [-0.15, -0.1) is 12.4 Å². The Morgan fingerprint density at radius 1 is 1.13 bits per heavy atom. The molecule has 0 radical (unpaired) electrons. The largest absolute Gasteiger partial charge is 0.369 e. The number of fused-ring (bicyclic) bond motifs is 1. The molecule has 0 unspecified atom stereocenters. The number of halogens is 4. The Hall–Kier alpha value is -3.24. The van der Waals surface area contributed by atoms with Crippen LogP contribution in [0.3, 0.4) is 0 Å². The first-order chi connectivity index (χ1) is 17.7. The Bertz CT molecular complexity index is 1370. The average molecular weight is 610 g/mol. The molecule has 1 aromatic heterocycles. The molecule has 0 spiro atoms. The molecule has 3 amide bonds. The van der Waals surface area contributed by atoms with Gasteiger partial charge in [-0.3, -0.25) is 14.4 Å². The van der Waals surface area contributed by atoms with Gasteiger partial charge in [0, 0.05) is 35.6 Å². The lowest BCUT2D eigenvalue weighted by Gasteiger charge is -2.38. The second kappa shape index (κ2) is 12.5. The van der Waals surface area contributed by atoms with Crippen molar-refractivity contribution in [3.63, 3.8) is 0 Å². The molecule has 4 rings (SSSR count). The second-order valence-corrected chi connectivity index (χ2v) is 10.1. The van der Waals surface area contributed by atoms with Crippen molar-refractivity contribution in [1.29, 1.82) is 0 Å². The zero-order chi connectivity index (χ0) is 26.6. The molecule has 0 bridgehead atoms. The van der Waals surface area contributed by atoms with Crippen LogP contribution in [0.25, 0.3) is 17.0 Å². The van der Waals surface area contributed by atoms with Gasteiger partial charge in [-0.05, 0) is 95.6 Å². The molecule has 2 aromatic carbocycles. The average Bonchev–Trinajstić information content (AvgIpc) is 3.27. The molecule has 1 aliphatic carbocycles. The van der Waals surface area contributed by atoms with Crippen LogP contribution in [0.1, 0.15) is 36.8 Å². The Morgan fingerprint density at radius 2 is 1.87 bits per heavy atom. The fourth-order valence-electron chi connectivity index (χ4n) is 4.71. The van der Waals surface area contributed by atoms with E-state index in [0.29, 0.717) is 24.8 Å². The molecule has 11 heteroatoms. The Balaban J connectivity index is 0.00000400. The maximum Gasteiger partial charge on any atom is 0.245 e. The summed E-state index contributed by atoms with van der Waals surface area (Å²) in [5.74, 6) is -2.37. The Morgan fingerprint density at radius 3 is 2.55 bits per heavy atom. The van der Waals surface area contributed by atoms with Crippen molar-refractivity contribution < 1.29 is 23.2 Å². The minimum absolute atomic E-state index is 0. The molecule has 0 aliphatic heterocycles. The first kappa shape index (κ1) is 29.3. The third-order valence-corrected chi connectivity index (χ3v) is 7.43. The zero-order valence-corrected chi connectivity index (χ0v) is 22.8. The first-order valence-corrected chi connectivity index (χ1v) is 12.7. The summed E-state index contributed by atoms with van der Waals surface area (Å²) in [6, 6.07) is 8.83. The van der Waals surface area contributed by atoms with E-state index in [-0.39, 0.29) is 53.9 Å². The highest BCUT2D eigenvalue weighted by atomic mass is 79.9. The Kier molecular flexibility index (Phi) is 9.67. The van der Waals surface area contributed by atoms with Gasteiger partial charge in [0.2, 0.25) is 17.7 Å². The van der Waals surface area contributed by atoms with Gasteiger partial charge in [0.05, 0.1) is 4.47 Å². The highest BCUT2D eigenvalue weighted by Crippen LogP contribution is 2.32. The van der Waals surface area contributed by atoms with Crippen molar-refractivity contribution in [2.75, 3.05) is 6.54 Å². The summed E-state index contributed by atoms with van der Waals surface area (Å²) < 4.78 is 27.4. The van der Waals surface area contributed by atoms with Crippen molar-refractivity contribution >= 4 is 63.0 Å². The topological polar surface area (TPSA) is 117 Å². The number of aromatic amines is 1. The molecule has 1 heterocycles. The SMILES string of the molecule is Cl.NC(=O)C1CCC(NC(=O)/C=C/c2ccc(F)c(Br)c2)(C(=O)NCCc2c[nH]c3ccc(F)cc23)CC1. The lowest BCUT2D eigenvalue weighted by atomic mass is 9.75. The highest BCUT2D eigenvalue weighted by Gasteiger charge is 2.43. The van der Waals surface area contributed by atoms with E-state index in [2.05, 4.69) is 31.5 Å². The van der Waals surface area contributed by atoms with Crippen LogP contribution in [0.15, 0.2) is 53.1 Å². The van der Waals surface area contributed by atoms with Gasteiger partial charge >= 0.3 is 0 Å². The third-order valence-electron chi connectivity index (χ3n) is 6.82. The van der Waals surface area contributed by atoms with Gasteiger partial charge in [-0.2, -0.15) is 0 Å². The van der Waals surface area contributed by atoms with Crippen molar-refractivity contribution in [3.05, 3.63) is 75.9 Å². The van der Waals surface area contributed by atoms with E-state index in [1.807, 2.05) is 0 Å².